The highest BCUT2D eigenvalue weighted by molar-refractivity contribution is 7.15. The quantitative estimate of drug-likeness (QED) is 0.572. The summed E-state index contributed by atoms with van der Waals surface area (Å²) in [4.78, 5) is 14.6. The van der Waals surface area contributed by atoms with Gasteiger partial charge in [-0.15, -0.1) is 11.3 Å². The number of benzene rings is 1. The van der Waals surface area contributed by atoms with Crippen molar-refractivity contribution in [1.29, 1.82) is 0 Å². The van der Waals surface area contributed by atoms with Gasteiger partial charge in [0.05, 0.1) is 10.6 Å². The zero-order valence-corrected chi connectivity index (χ0v) is 14.5. The molecule has 0 aliphatic heterocycles. The van der Waals surface area contributed by atoms with E-state index < -0.39 is 11.7 Å². The number of hydrogen-bond donors (Lipinski definition) is 2. The van der Waals surface area contributed by atoms with E-state index in [0.29, 0.717) is 5.82 Å². The van der Waals surface area contributed by atoms with Crippen molar-refractivity contribution in [1.82, 2.24) is 20.0 Å². The summed E-state index contributed by atoms with van der Waals surface area (Å²) in [6.07, 6.45) is 1.54. The summed E-state index contributed by atoms with van der Waals surface area (Å²) in [5.41, 5.74) is 1.28. The molecule has 0 saturated heterocycles. The highest BCUT2D eigenvalue weighted by atomic mass is 32.1. The maximum atomic E-state index is 13.8. The Balaban J connectivity index is 1.51. The lowest BCUT2D eigenvalue weighted by atomic mass is 10.3. The van der Waals surface area contributed by atoms with Crippen molar-refractivity contribution >= 4 is 23.1 Å². The molecule has 6 nitrogen and oxygen atoms in total. The Morgan fingerprint density at radius 1 is 1.23 bits per heavy atom. The molecule has 0 atom stereocenters. The fourth-order valence-corrected chi connectivity index (χ4v) is 3.32. The SMILES string of the molecule is Cc1ccc(-c2cc(NC(=O)c3ccn(-c4ccccc4F)n3)n[nH]2)s1. The number of rotatable bonds is 4. The van der Waals surface area contributed by atoms with Crippen molar-refractivity contribution in [3.05, 3.63) is 71.1 Å². The van der Waals surface area contributed by atoms with E-state index >= 15 is 0 Å². The fourth-order valence-electron chi connectivity index (χ4n) is 2.49. The molecule has 3 aromatic heterocycles. The molecule has 0 radical (unpaired) electrons. The van der Waals surface area contributed by atoms with Crippen LogP contribution in [0, 0.1) is 12.7 Å². The number of thiophene rings is 1. The van der Waals surface area contributed by atoms with Crippen LogP contribution in [0.3, 0.4) is 0 Å². The Labute approximate surface area is 152 Å². The van der Waals surface area contributed by atoms with E-state index in [9.17, 15) is 9.18 Å². The fraction of sp³-hybridized carbons (Fsp3) is 0.0556. The third kappa shape index (κ3) is 3.14. The summed E-state index contributed by atoms with van der Waals surface area (Å²) in [6.45, 7) is 2.03. The Hall–Kier alpha value is -3.26. The van der Waals surface area contributed by atoms with E-state index in [2.05, 4.69) is 20.6 Å². The van der Waals surface area contributed by atoms with Gasteiger partial charge in [-0.1, -0.05) is 12.1 Å². The second-order valence-corrected chi connectivity index (χ2v) is 6.92. The number of aryl methyl sites for hydroxylation is 1. The maximum Gasteiger partial charge on any atom is 0.277 e. The average molecular weight is 367 g/mol. The van der Waals surface area contributed by atoms with Crippen LogP contribution in [-0.2, 0) is 0 Å². The Morgan fingerprint density at radius 2 is 2.08 bits per heavy atom. The Morgan fingerprint density at radius 3 is 2.85 bits per heavy atom. The van der Waals surface area contributed by atoms with Crippen LogP contribution in [0.5, 0.6) is 0 Å². The van der Waals surface area contributed by atoms with Crippen molar-refractivity contribution in [2.75, 3.05) is 5.32 Å². The number of para-hydroxylation sites is 1. The monoisotopic (exact) mass is 367 g/mol. The molecule has 0 aliphatic carbocycles. The topological polar surface area (TPSA) is 75.6 Å². The number of amides is 1. The number of anilines is 1. The van der Waals surface area contributed by atoms with Crippen LogP contribution in [0.15, 0.2) is 54.7 Å². The number of nitrogens with one attached hydrogen (secondary N) is 2. The van der Waals surface area contributed by atoms with E-state index in [1.165, 1.54) is 27.9 Å². The molecule has 0 saturated carbocycles. The summed E-state index contributed by atoms with van der Waals surface area (Å²) in [5.74, 6) is -0.428. The number of aromatic amines is 1. The van der Waals surface area contributed by atoms with Crippen LogP contribution >= 0.6 is 11.3 Å². The largest absolute Gasteiger partial charge is 0.304 e. The summed E-state index contributed by atoms with van der Waals surface area (Å²) < 4.78 is 15.2. The number of H-pyrrole nitrogens is 1. The van der Waals surface area contributed by atoms with Gasteiger partial charge in [-0.25, -0.2) is 9.07 Å². The minimum absolute atomic E-state index is 0.171. The van der Waals surface area contributed by atoms with Crippen molar-refractivity contribution in [3.63, 3.8) is 0 Å². The normalized spacial score (nSPS) is 10.8. The zero-order valence-electron chi connectivity index (χ0n) is 13.7. The molecule has 0 fully saturated rings. The molecular weight excluding hydrogens is 353 g/mol. The molecule has 3 heterocycles. The second kappa shape index (κ2) is 6.57. The Kier molecular flexibility index (Phi) is 4.10. The average Bonchev–Trinajstić information content (AvgIpc) is 3.35. The lowest BCUT2D eigenvalue weighted by Crippen LogP contribution is -2.13. The van der Waals surface area contributed by atoms with Crippen molar-refractivity contribution < 1.29 is 9.18 Å². The molecule has 0 bridgehead atoms. The van der Waals surface area contributed by atoms with E-state index in [-0.39, 0.29) is 11.4 Å². The number of carbonyl (C=O) groups excluding carboxylic acids is 1. The van der Waals surface area contributed by atoms with E-state index in [1.54, 1.807) is 35.6 Å². The van der Waals surface area contributed by atoms with Gasteiger partial charge in [-0.2, -0.15) is 10.2 Å². The predicted octanol–water partition coefficient (Wildman–Crippen LogP) is 4.02. The van der Waals surface area contributed by atoms with Crippen LogP contribution in [-0.4, -0.2) is 25.9 Å². The number of nitrogens with zero attached hydrogens (tertiary/aromatic N) is 3. The van der Waals surface area contributed by atoms with E-state index in [4.69, 9.17) is 0 Å². The first-order valence-electron chi connectivity index (χ1n) is 7.84. The number of halogens is 1. The molecule has 8 heteroatoms. The molecule has 0 aliphatic rings. The number of hydrogen-bond acceptors (Lipinski definition) is 4. The molecule has 1 amide bonds. The first-order chi connectivity index (χ1) is 12.6. The van der Waals surface area contributed by atoms with Crippen LogP contribution in [0.2, 0.25) is 0 Å². The van der Waals surface area contributed by atoms with Gasteiger partial charge >= 0.3 is 0 Å². The third-order valence-corrected chi connectivity index (χ3v) is 4.78. The van der Waals surface area contributed by atoms with Gasteiger partial charge in [0.2, 0.25) is 0 Å². The van der Waals surface area contributed by atoms with Gasteiger partial charge in [0.1, 0.15) is 11.5 Å². The van der Waals surface area contributed by atoms with Gasteiger partial charge in [-0.3, -0.25) is 9.89 Å². The summed E-state index contributed by atoms with van der Waals surface area (Å²) >= 11 is 1.64. The first-order valence-corrected chi connectivity index (χ1v) is 8.66. The summed E-state index contributed by atoms with van der Waals surface area (Å²) in [6, 6.07) is 13.5. The predicted molar refractivity (Wildman–Crippen MR) is 98.1 cm³/mol. The van der Waals surface area contributed by atoms with Crippen molar-refractivity contribution in [2.45, 2.75) is 6.92 Å². The van der Waals surface area contributed by atoms with Gasteiger partial charge in [0, 0.05) is 17.1 Å². The number of aromatic nitrogens is 4. The minimum atomic E-state index is -0.416. The summed E-state index contributed by atoms with van der Waals surface area (Å²) in [5, 5.41) is 13.8. The smallest absolute Gasteiger partial charge is 0.277 e. The lowest BCUT2D eigenvalue weighted by Gasteiger charge is -2.02. The standard InChI is InChI=1S/C18H14FN5OS/c1-11-6-7-16(26-11)14-10-17(22-21-14)20-18(25)13-8-9-24(23-13)15-5-3-2-4-12(15)19/h2-10H,1H3,(H2,20,21,22,25). The molecule has 2 N–H and O–H groups in total. The lowest BCUT2D eigenvalue weighted by molar-refractivity contribution is 0.102. The molecule has 26 heavy (non-hydrogen) atoms. The van der Waals surface area contributed by atoms with Crippen LogP contribution in [0.1, 0.15) is 15.4 Å². The zero-order chi connectivity index (χ0) is 18.1. The van der Waals surface area contributed by atoms with Crippen LogP contribution in [0.4, 0.5) is 10.2 Å². The maximum absolute atomic E-state index is 13.8. The molecular formula is C18H14FN5OS. The highest BCUT2D eigenvalue weighted by Crippen LogP contribution is 2.27. The molecule has 0 spiro atoms. The van der Waals surface area contributed by atoms with Crippen molar-refractivity contribution in [2.24, 2.45) is 0 Å². The van der Waals surface area contributed by atoms with Gasteiger partial charge in [0.15, 0.2) is 11.5 Å². The van der Waals surface area contributed by atoms with Crippen molar-refractivity contribution in [3.8, 4) is 16.3 Å². The summed E-state index contributed by atoms with van der Waals surface area (Å²) in [7, 11) is 0. The van der Waals surface area contributed by atoms with Gasteiger partial charge < -0.3 is 5.32 Å². The van der Waals surface area contributed by atoms with Gasteiger partial charge in [-0.05, 0) is 37.3 Å². The molecule has 4 rings (SSSR count). The van der Waals surface area contributed by atoms with E-state index in [0.717, 1.165) is 10.6 Å². The number of carbonyl (C=O) groups is 1. The molecule has 1 aromatic carbocycles. The molecule has 0 unspecified atom stereocenters. The first kappa shape index (κ1) is 16.2. The second-order valence-electron chi connectivity index (χ2n) is 5.63. The van der Waals surface area contributed by atoms with Crippen LogP contribution < -0.4 is 5.32 Å². The van der Waals surface area contributed by atoms with Crippen LogP contribution in [0.25, 0.3) is 16.3 Å². The molecule has 4 aromatic rings. The molecule has 130 valence electrons. The highest BCUT2D eigenvalue weighted by Gasteiger charge is 2.14. The van der Waals surface area contributed by atoms with E-state index in [1.807, 2.05) is 19.1 Å². The van der Waals surface area contributed by atoms with Gasteiger partial charge in [0.25, 0.3) is 5.91 Å². The minimum Gasteiger partial charge on any atom is -0.304 e. The third-order valence-electron chi connectivity index (χ3n) is 3.75. The Bertz CT molecular complexity index is 1080.